The summed E-state index contributed by atoms with van der Waals surface area (Å²) in [5, 5.41) is 0.424. The van der Waals surface area contributed by atoms with Crippen molar-refractivity contribution in [2.45, 2.75) is 34.1 Å². The number of ether oxygens (including phenoxy) is 3. The standard InChI is InChI=1S/C25H28ClNO4S2/c1-5-27-24(28)22(33-25(27)32)15-18-13-20(26)23(21(14-18)29-6-2)31-9-7-8-30-19-11-16(3)10-17(4)12-19/h10-15H,5-9H2,1-4H3/b22-15+. The number of thioether (sulfide) groups is 1. The number of carbonyl (C=O) groups is 1. The van der Waals surface area contributed by atoms with Gasteiger partial charge in [-0.2, -0.15) is 0 Å². The highest BCUT2D eigenvalue weighted by Crippen LogP contribution is 2.39. The molecule has 2 aromatic rings. The van der Waals surface area contributed by atoms with Crippen molar-refractivity contribution in [2.24, 2.45) is 0 Å². The minimum atomic E-state index is -0.0919. The minimum Gasteiger partial charge on any atom is -0.493 e. The molecule has 0 bridgehead atoms. The Morgan fingerprint density at radius 1 is 1.03 bits per heavy atom. The Morgan fingerprint density at radius 2 is 1.73 bits per heavy atom. The maximum atomic E-state index is 12.5. The molecule has 0 spiro atoms. The van der Waals surface area contributed by atoms with E-state index in [4.69, 9.17) is 38.0 Å². The third-order valence-corrected chi connectivity index (χ3v) is 6.48. The fraction of sp³-hybridized carbons (Fsp3) is 0.360. The van der Waals surface area contributed by atoms with E-state index >= 15 is 0 Å². The van der Waals surface area contributed by atoms with Crippen LogP contribution in [0.1, 0.15) is 37.0 Å². The molecule has 0 atom stereocenters. The van der Waals surface area contributed by atoms with E-state index in [-0.39, 0.29) is 5.91 Å². The van der Waals surface area contributed by atoms with Crippen molar-refractivity contribution < 1.29 is 19.0 Å². The summed E-state index contributed by atoms with van der Waals surface area (Å²) < 4.78 is 18.1. The number of benzene rings is 2. The molecule has 1 heterocycles. The number of likely N-dealkylation sites (N-methyl/N-ethyl adjacent to an activating group) is 1. The normalized spacial score (nSPS) is 14.8. The molecule has 5 nitrogen and oxygen atoms in total. The second kappa shape index (κ2) is 11.8. The molecule has 33 heavy (non-hydrogen) atoms. The number of halogens is 1. The van der Waals surface area contributed by atoms with Gasteiger partial charge in [-0.1, -0.05) is 41.6 Å². The zero-order valence-electron chi connectivity index (χ0n) is 19.3. The van der Waals surface area contributed by atoms with Crippen LogP contribution in [0.4, 0.5) is 0 Å². The minimum absolute atomic E-state index is 0.0919. The average molecular weight is 506 g/mol. The quantitative estimate of drug-likeness (QED) is 0.211. The van der Waals surface area contributed by atoms with Crippen LogP contribution < -0.4 is 14.2 Å². The summed E-state index contributed by atoms with van der Waals surface area (Å²) in [5.41, 5.74) is 3.10. The molecule has 8 heteroatoms. The van der Waals surface area contributed by atoms with Crippen LogP contribution >= 0.6 is 35.6 Å². The van der Waals surface area contributed by atoms with Crippen LogP contribution in [0.2, 0.25) is 5.02 Å². The summed E-state index contributed by atoms with van der Waals surface area (Å²) in [4.78, 5) is 14.7. The average Bonchev–Trinajstić information content (AvgIpc) is 3.01. The molecule has 0 N–H and O–H groups in total. The van der Waals surface area contributed by atoms with Gasteiger partial charge in [0, 0.05) is 13.0 Å². The highest BCUT2D eigenvalue weighted by atomic mass is 35.5. The van der Waals surface area contributed by atoms with Crippen molar-refractivity contribution in [3.8, 4) is 17.2 Å². The van der Waals surface area contributed by atoms with Crippen LogP contribution in [-0.2, 0) is 4.79 Å². The van der Waals surface area contributed by atoms with E-state index in [1.165, 1.54) is 22.9 Å². The first-order valence-electron chi connectivity index (χ1n) is 10.9. The van der Waals surface area contributed by atoms with Crippen LogP contribution in [0.3, 0.4) is 0 Å². The van der Waals surface area contributed by atoms with E-state index in [9.17, 15) is 4.79 Å². The van der Waals surface area contributed by atoms with Crippen molar-refractivity contribution in [1.29, 1.82) is 0 Å². The molecule has 0 radical (unpaired) electrons. The predicted molar refractivity (Wildman–Crippen MR) is 140 cm³/mol. The lowest BCUT2D eigenvalue weighted by Gasteiger charge is -2.15. The molecule has 2 aromatic carbocycles. The van der Waals surface area contributed by atoms with Gasteiger partial charge in [-0.05, 0) is 74.7 Å². The fourth-order valence-corrected chi connectivity index (χ4v) is 5.10. The molecule has 1 aliphatic heterocycles. The highest BCUT2D eigenvalue weighted by Gasteiger charge is 2.30. The third kappa shape index (κ3) is 6.65. The molecule has 0 unspecified atom stereocenters. The summed E-state index contributed by atoms with van der Waals surface area (Å²) in [7, 11) is 0. The second-order valence-electron chi connectivity index (χ2n) is 7.56. The van der Waals surface area contributed by atoms with Crippen molar-refractivity contribution in [3.63, 3.8) is 0 Å². The first-order valence-corrected chi connectivity index (χ1v) is 12.5. The zero-order valence-corrected chi connectivity index (χ0v) is 21.7. The van der Waals surface area contributed by atoms with E-state index in [0.717, 1.165) is 11.3 Å². The molecule has 1 aliphatic rings. The van der Waals surface area contributed by atoms with Gasteiger partial charge in [0.1, 0.15) is 10.1 Å². The van der Waals surface area contributed by atoms with Gasteiger partial charge in [0.05, 0.1) is 29.7 Å². The molecular weight excluding hydrogens is 478 g/mol. The van der Waals surface area contributed by atoms with Gasteiger partial charge >= 0.3 is 0 Å². The molecular formula is C25H28ClNO4S2. The Kier molecular flexibility index (Phi) is 9.06. The first-order chi connectivity index (χ1) is 15.8. The van der Waals surface area contributed by atoms with E-state index in [1.807, 2.05) is 32.0 Å². The lowest BCUT2D eigenvalue weighted by molar-refractivity contribution is -0.121. The maximum absolute atomic E-state index is 12.5. The fourth-order valence-electron chi connectivity index (χ4n) is 3.44. The summed E-state index contributed by atoms with van der Waals surface area (Å²) in [6, 6.07) is 9.75. The monoisotopic (exact) mass is 505 g/mol. The van der Waals surface area contributed by atoms with E-state index in [0.29, 0.717) is 58.5 Å². The molecule has 3 rings (SSSR count). The number of amides is 1. The van der Waals surface area contributed by atoms with Gasteiger partial charge in [-0.25, -0.2) is 0 Å². The number of rotatable bonds is 10. The largest absolute Gasteiger partial charge is 0.493 e. The third-order valence-electron chi connectivity index (χ3n) is 4.82. The number of hydrogen-bond acceptors (Lipinski definition) is 6. The Morgan fingerprint density at radius 3 is 2.36 bits per heavy atom. The summed E-state index contributed by atoms with van der Waals surface area (Å²) >= 11 is 13.1. The first kappa shape index (κ1) is 25.4. The number of hydrogen-bond donors (Lipinski definition) is 0. The van der Waals surface area contributed by atoms with Gasteiger partial charge in [0.2, 0.25) is 0 Å². The highest BCUT2D eigenvalue weighted by molar-refractivity contribution is 8.26. The van der Waals surface area contributed by atoms with Crippen LogP contribution in [0.25, 0.3) is 6.08 Å². The van der Waals surface area contributed by atoms with Gasteiger partial charge in [0.15, 0.2) is 11.5 Å². The SMILES string of the molecule is CCOc1cc(/C=C2/SC(=S)N(CC)C2=O)cc(Cl)c1OCCCOc1cc(C)cc(C)c1. The van der Waals surface area contributed by atoms with Gasteiger partial charge in [-0.3, -0.25) is 9.69 Å². The van der Waals surface area contributed by atoms with Crippen molar-refractivity contribution in [3.05, 3.63) is 56.9 Å². The van der Waals surface area contributed by atoms with Gasteiger partial charge in [-0.15, -0.1) is 0 Å². The summed E-state index contributed by atoms with van der Waals surface area (Å²) in [5.74, 6) is 1.80. The van der Waals surface area contributed by atoms with Crippen molar-refractivity contribution >= 4 is 51.9 Å². The molecule has 176 valence electrons. The summed E-state index contributed by atoms with van der Waals surface area (Å²) in [6.07, 6.45) is 2.47. The molecule has 1 fully saturated rings. The molecule has 1 amide bonds. The van der Waals surface area contributed by atoms with Crippen LogP contribution in [0.15, 0.2) is 35.2 Å². The smallest absolute Gasteiger partial charge is 0.266 e. The summed E-state index contributed by atoms with van der Waals surface area (Å²) in [6.45, 7) is 9.87. The molecule has 0 aliphatic carbocycles. The van der Waals surface area contributed by atoms with Crippen molar-refractivity contribution in [1.82, 2.24) is 4.90 Å². The Hall–Kier alpha value is -2.22. The number of nitrogens with zero attached hydrogens (tertiary/aromatic N) is 1. The predicted octanol–water partition coefficient (Wildman–Crippen LogP) is 6.42. The second-order valence-corrected chi connectivity index (χ2v) is 9.65. The topological polar surface area (TPSA) is 48.0 Å². The van der Waals surface area contributed by atoms with Crippen LogP contribution in [0.5, 0.6) is 17.2 Å². The van der Waals surface area contributed by atoms with E-state index in [1.54, 1.807) is 17.0 Å². The Bertz CT molecular complexity index is 1050. The molecule has 0 aromatic heterocycles. The van der Waals surface area contributed by atoms with E-state index in [2.05, 4.69) is 19.9 Å². The zero-order chi connectivity index (χ0) is 24.0. The molecule has 0 saturated carbocycles. The Balaban J connectivity index is 1.65. The van der Waals surface area contributed by atoms with Crippen LogP contribution in [0, 0.1) is 13.8 Å². The van der Waals surface area contributed by atoms with Gasteiger partial charge in [0.25, 0.3) is 5.91 Å². The lowest BCUT2D eigenvalue weighted by Crippen LogP contribution is -2.27. The maximum Gasteiger partial charge on any atom is 0.266 e. The lowest BCUT2D eigenvalue weighted by atomic mass is 10.1. The van der Waals surface area contributed by atoms with Crippen molar-refractivity contribution in [2.75, 3.05) is 26.4 Å². The van der Waals surface area contributed by atoms with Crippen LogP contribution in [-0.4, -0.2) is 41.5 Å². The Labute approximate surface area is 210 Å². The molecule has 1 saturated heterocycles. The number of aryl methyl sites for hydroxylation is 2. The number of carbonyl (C=O) groups excluding carboxylic acids is 1. The van der Waals surface area contributed by atoms with Gasteiger partial charge < -0.3 is 14.2 Å². The number of thiocarbonyl (C=S) groups is 1. The van der Waals surface area contributed by atoms with E-state index < -0.39 is 0 Å².